The van der Waals surface area contributed by atoms with Crippen LogP contribution in [-0.4, -0.2) is 37.3 Å². The molecule has 7 nitrogen and oxygen atoms in total. The lowest BCUT2D eigenvalue weighted by Crippen LogP contribution is -2.48. The van der Waals surface area contributed by atoms with Gasteiger partial charge in [-0.2, -0.15) is 5.26 Å². The minimum Gasteiger partial charge on any atom is -0.495 e. The van der Waals surface area contributed by atoms with Crippen LogP contribution in [-0.2, 0) is 9.53 Å². The van der Waals surface area contributed by atoms with Crippen LogP contribution in [0.3, 0.4) is 0 Å². The van der Waals surface area contributed by atoms with Crippen LogP contribution in [0, 0.1) is 23.2 Å². The molecule has 1 atom stereocenters. The van der Waals surface area contributed by atoms with Gasteiger partial charge >= 0.3 is 6.09 Å². The van der Waals surface area contributed by atoms with Crippen molar-refractivity contribution in [3.63, 3.8) is 0 Å². The molecule has 0 heterocycles. The molecule has 0 aliphatic rings. The van der Waals surface area contributed by atoms with Gasteiger partial charge in [0.2, 0.25) is 5.91 Å². The van der Waals surface area contributed by atoms with E-state index in [2.05, 4.69) is 22.5 Å². The summed E-state index contributed by atoms with van der Waals surface area (Å²) in [6.07, 6.45) is -0.449. The fraction of sp³-hybridized carbons (Fsp3) is 0.450. The summed E-state index contributed by atoms with van der Waals surface area (Å²) in [5.41, 5.74) is -0.00412. The van der Waals surface area contributed by atoms with Gasteiger partial charge in [-0.3, -0.25) is 4.79 Å². The molecule has 0 saturated carbocycles. The Labute approximate surface area is 160 Å². The van der Waals surface area contributed by atoms with E-state index in [1.807, 2.05) is 18.2 Å². The number of methoxy groups -OCH3 is 1. The van der Waals surface area contributed by atoms with Crippen LogP contribution in [0.5, 0.6) is 5.75 Å². The van der Waals surface area contributed by atoms with Gasteiger partial charge in [-0.1, -0.05) is 24.0 Å². The first kappa shape index (κ1) is 21.9. The molecule has 0 bridgehead atoms. The Balaban J connectivity index is 2.85. The largest absolute Gasteiger partial charge is 0.495 e. The van der Waals surface area contributed by atoms with Crippen molar-refractivity contribution in [2.45, 2.75) is 45.3 Å². The first-order valence-electron chi connectivity index (χ1n) is 8.53. The number of carbonyl (C=O) groups is 2. The molecular formula is C20H25N3O4. The molecule has 0 unspecified atom stereocenters. The molecule has 0 aromatic heterocycles. The molecule has 144 valence electrons. The molecule has 0 fully saturated rings. The van der Waals surface area contributed by atoms with E-state index in [1.165, 1.54) is 0 Å². The van der Waals surface area contributed by atoms with Crippen LogP contribution >= 0.6 is 0 Å². The highest BCUT2D eigenvalue weighted by molar-refractivity contribution is 5.86. The number of nitrogens with one attached hydrogen (secondary N) is 2. The molecule has 2 N–H and O–H groups in total. The predicted molar refractivity (Wildman–Crippen MR) is 101 cm³/mol. The van der Waals surface area contributed by atoms with Gasteiger partial charge in [0.25, 0.3) is 0 Å². The highest BCUT2D eigenvalue weighted by Crippen LogP contribution is 2.15. The van der Waals surface area contributed by atoms with Gasteiger partial charge < -0.3 is 20.1 Å². The second-order valence-electron chi connectivity index (χ2n) is 6.60. The summed E-state index contributed by atoms with van der Waals surface area (Å²) in [6, 6.07) is 8.29. The number of hydrogen-bond donors (Lipinski definition) is 2. The monoisotopic (exact) mass is 371 g/mol. The van der Waals surface area contributed by atoms with Crippen molar-refractivity contribution in [2.75, 3.05) is 13.7 Å². The lowest BCUT2D eigenvalue weighted by molar-refractivity contribution is -0.123. The number of para-hydroxylation sites is 1. The Bertz CT molecular complexity index is 751. The average Bonchev–Trinajstić information content (AvgIpc) is 2.59. The highest BCUT2D eigenvalue weighted by Gasteiger charge is 2.23. The van der Waals surface area contributed by atoms with Crippen LogP contribution in [0.1, 0.15) is 39.2 Å². The van der Waals surface area contributed by atoms with Crippen molar-refractivity contribution in [3.8, 4) is 23.7 Å². The number of nitrogens with zero attached hydrogens (tertiary/aromatic N) is 1. The topological polar surface area (TPSA) is 100 Å². The van der Waals surface area contributed by atoms with E-state index in [4.69, 9.17) is 14.7 Å². The maximum Gasteiger partial charge on any atom is 0.408 e. The predicted octanol–water partition coefficient (Wildman–Crippen LogP) is 2.36. The fourth-order valence-corrected chi connectivity index (χ4v) is 2.02. The van der Waals surface area contributed by atoms with Gasteiger partial charge in [0.1, 0.15) is 17.4 Å². The molecule has 0 aliphatic heterocycles. The Morgan fingerprint density at radius 1 is 1.26 bits per heavy atom. The Morgan fingerprint density at radius 2 is 1.96 bits per heavy atom. The lowest BCUT2D eigenvalue weighted by Gasteiger charge is -2.22. The first-order valence-corrected chi connectivity index (χ1v) is 8.53. The molecule has 0 spiro atoms. The molecule has 2 amide bonds. The van der Waals surface area contributed by atoms with Gasteiger partial charge in [0, 0.05) is 13.0 Å². The van der Waals surface area contributed by atoms with Gasteiger partial charge in [0.15, 0.2) is 0 Å². The summed E-state index contributed by atoms with van der Waals surface area (Å²) >= 11 is 0. The van der Waals surface area contributed by atoms with E-state index in [0.29, 0.717) is 11.3 Å². The quantitative estimate of drug-likeness (QED) is 0.591. The first-order chi connectivity index (χ1) is 12.8. The minimum atomic E-state index is -0.902. The fourth-order valence-electron chi connectivity index (χ4n) is 2.02. The second-order valence-corrected chi connectivity index (χ2v) is 6.60. The number of alkyl carbamates (subject to hydrolysis) is 1. The number of rotatable bonds is 6. The van der Waals surface area contributed by atoms with Crippen LogP contribution in [0.25, 0.3) is 0 Å². The summed E-state index contributed by atoms with van der Waals surface area (Å²) in [7, 11) is 1.55. The van der Waals surface area contributed by atoms with Crippen molar-refractivity contribution in [3.05, 3.63) is 29.8 Å². The zero-order valence-electron chi connectivity index (χ0n) is 16.1. The number of nitriles is 1. The van der Waals surface area contributed by atoms with Gasteiger partial charge in [-0.15, -0.1) is 0 Å². The highest BCUT2D eigenvalue weighted by atomic mass is 16.6. The normalized spacial score (nSPS) is 11.2. The van der Waals surface area contributed by atoms with E-state index < -0.39 is 23.6 Å². The maximum atomic E-state index is 12.3. The van der Waals surface area contributed by atoms with Crippen molar-refractivity contribution < 1.29 is 19.1 Å². The smallest absolute Gasteiger partial charge is 0.408 e. The summed E-state index contributed by atoms with van der Waals surface area (Å²) in [5.74, 6) is 6.03. The third-order valence-corrected chi connectivity index (χ3v) is 3.18. The van der Waals surface area contributed by atoms with Gasteiger partial charge in [0.05, 0.1) is 25.2 Å². The Morgan fingerprint density at radius 3 is 2.59 bits per heavy atom. The summed E-state index contributed by atoms with van der Waals surface area (Å²) < 4.78 is 10.4. The zero-order valence-corrected chi connectivity index (χ0v) is 16.1. The van der Waals surface area contributed by atoms with Crippen molar-refractivity contribution in [1.29, 1.82) is 5.26 Å². The molecule has 0 saturated heterocycles. The van der Waals surface area contributed by atoms with E-state index in [9.17, 15) is 9.59 Å². The molecule has 0 aliphatic carbocycles. The number of carbonyl (C=O) groups excluding carboxylic acids is 2. The molecule has 0 radical (unpaired) electrons. The lowest BCUT2D eigenvalue weighted by atomic mass is 10.1. The number of amides is 2. The van der Waals surface area contributed by atoms with Crippen LogP contribution in [0.2, 0.25) is 0 Å². The molecule has 7 heteroatoms. The van der Waals surface area contributed by atoms with Crippen molar-refractivity contribution in [2.24, 2.45) is 0 Å². The van der Waals surface area contributed by atoms with Crippen LogP contribution in [0.15, 0.2) is 24.3 Å². The van der Waals surface area contributed by atoms with E-state index in [1.54, 1.807) is 40.0 Å². The van der Waals surface area contributed by atoms with Gasteiger partial charge in [-0.25, -0.2) is 4.79 Å². The van der Waals surface area contributed by atoms with Crippen molar-refractivity contribution in [1.82, 2.24) is 10.6 Å². The van der Waals surface area contributed by atoms with Crippen LogP contribution < -0.4 is 15.4 Å². The average molecular weight is 371 g/mol. The molecule has 1 aromatic carbocycles. The van der Waals surface area contributed by atoms with E-state index >= 15 is 0 Å². The Kier molecular flexibility index (Phi) is 8.68. The summed E-state index contributed by atoms with van der Waals surface area (Å²) in [5, 5.41) is 13.7. The molecule has 1 aromatic rings. The van der Waals surface area contributed by atoms with E-state index in [0.717, 1.165) is 0 Å². The zero-order chi connectivity index (χ0) is 20.3. The SMILES string of the molecule is COc1ccccc1C#CC[C@H](NC(=O)OC(C)(C)C)C(=O)NCCC#N. The number of benzene rings is 1. The summed E-state index contributed by atoms with van der Waals surface area (Å²) in [6.45, 7) is 5.39. The second kappa shape index (κ2) is 10.7. The van der Waals surface area contributed by atoms with Gasteiger partial charge in [-0.05, 0) is 32.9 Å². The third-order valence-electron chi connectivity index (χ3n) is 3.18. The van der Waals surface area contributed by atoms with Crippen LogP contribution in [0.4, 0.5) is 4.79 Å². The Hall–Kier alpha value is -3.19. The maximum absolute atomic E-state index is 12.3. The molecule has 27 heavy (non-hydrogen) atoms. The summed E-state index contributed by atoms with van der Waals surface area (Å²) in [4.78, 5) is 24.3. The number of ether oxygens (including phenoxy) is 2. The standard InChI is InChI=1S/C20H25N3O4/c1-20(2,3)27-19(25)23-16(18(24)22-14-8-13-21)11-7-10-15-9-5-6-12-17(15)26-4/h5-6,9,12,16H,8,11,14H2,1-4H3,(H,22,24)(H,23,25)/t16-/m0/s1. The van der Waals surface area contributed by atoms with Crippen molar-refractivity contribution >= 4 is 12.0 Å². The minimum absolute atomic E-state index is 0.0790. The van der Waals surface area contributed by atoms with E-state index in [-0.39, 0.29) is 19.4 Å². The molecule has 1 rings (SSSR count). The third kappa shape index (κ3) is 8.64. The molecular weight excluding hydrogens is 346 g/mol. The number of hydrogen-bond acceptors (Lipinski definition) is 5.